The molecule has 0 fully saturated rings. The molecule has 2 N–H and O–H groups in total. The van der Waals surface area contributed by atoms with Crippen molar-refractivity contribution in [2.24, 2.45) is 5.92 Å². The summed E-state index contributed by atoms with van der Waals surface area (Å²) in [5, 5.41) is 10.4. The summed E-state index contributed by atoms with van der Waals surface area (Å²) in [7, 11) is 0. The van der Waals surface area contributed by atoms with Gasteiger partial charge in [-0.3, -0.25) is 4.79 Å². The molecule has 4 rings (SSSR count). The fourth-order valence-electron chi connectivity index (χ4n) is 3.25. The molecule has 0 saturated carbocycles. The first-order valence-electron chi connectivity index (χ1n) is 8.22. The molecule has 1 aliphatic carbocycles. The number of benzene rings is 1. The van der Waals surface area contributed by atoms with E-state index in [1.165, 1.54) is 4.88 Å². The lowest BCUT2D eigenvalue weighted by molar-refractivity contribution is 0.475. The van der Waals surface area contributed by atoms with Crippen LogP contribution in [0.1, 0.15) is 35.2 Å². The van der Waals surface area contributed by atoms with Gasteiger partial charge in [0.15, 0.2) is 5.82 Å². The van der Waals surface area contributed by atoms with Gasteiger partial charge in [-0.2, -0.15) is 0 Å². The van der Waals surface area contributed by atoms with E-state index in [4.69, 9.17) is 11.6 Å². The van der Waals surface area contributed by atoms with Crippen LogP contribution >= 0.6 is 22.9 Å². The highest BCUT2D eigenvalue weighted by Crippen LogP contribution is 2.36. The van der Waals surface area contributed by atoms with Crippen molar-refractivity contribution in [1.82, 2.24) is 9.97 Å². The molecule has 4 nitrogen and oxygen atoms in total. The molecule has 0 radical (unpaired) electrons. The standard InChI is InChI=1S/C19H17ClN2O2S/c1-10-2-7-13-15(8-10)25-19-16(13)18(24)21-17(22-19)14(20)9-11-3-5-12(23)6-4-11/h3-6,9-10,23H,2,7-8H2,1H3,(H,21,22,24)/b14-9-/t10-/m0/s1. The molecule has 0 spiro atoms. The van der Waals surface area contributed by atoms with Crippen LogP contribution in [0.3, 0.4) is 0 Å². The molecule has 1 aliphatic rings. The summed E-state index contributed by atoms with van der Waals surface area (Å²) in [5.74, 6) is 1.22. The molecule has 128 valence electrons. The Morgan fingerprint density at radius 2 is 2.16 bits per heavy atom. The van der Waals surface area contributed by atoms with Crippen molar-refractivity contribution in [2.75, 3.05) is 0 Å². The lowest BCUT2D eigenvalue weighted by Gasteiger charge is -2.17. The number of phenolic OH excluding ortho intramolecular Hbond substituents is 1. The Balaban J connectivity index is 1.78. The fourth-order valence-corrected chi connectivity index (χ4v) is 4.85. The average Bonchev–Trinajstić information content (AvgIpc) is 2.94. The van der Waals surface area contributed by atoms with Crippen LogP contribution in [0.2, 0.25) is 0 Å². The number of nitrogens with zero attached hydrogens (tertiary/aromatic N) is 1. The predicted molar refractivity (Wildman–Crippen MR) is 103 cm³/mol. The third-order valence-electron chi connectivity index (χ3n) is 4.58. The second-order valence-electron chi connectivity index (χ2n) is 6.53. The average molecular weight is 373 g/mol. The number of aromatic amines is 1. The number of halogens is 1. The van der Waals surface area contributed by atoms with Gasteiger partial charge in [0.1, 0.15) is 10.6 Å². The SMILES string of the molecule is C[C@H]1CCc2c(sc3nc(/C(Cl)=C/c4ccc(O)cc4)[nH]c(=O)c23)C1. The van der Waals surface area contributed by atoms with E-state index >= 15 is 0 Å². The Morgan fingerprint density at radius 1 is 1.40 bits per heavy atom. The number of aromatic hydroxyl groups is 1. The fraction of sp³-hybridized carbons (Fsp3) is 0.263. The van der Waals surface area contributed by atoms with Crippen molar-refractivity contribution in [3.05, 3.63) is 56.4 Å². The number of fused-ring (bicyclic) bond motifs is 3. The molecular weight excluding hydrogens is 356 g/mol. The quantitative estimate of drug-likeness (QED) is 0.693. The lowest BCUT2D eigenvalue weighted by Crippen LogP contribution is -2.14. The number of hydrogen-bond donors (Lipinski definition) is 2. The van der Waals surface area contributed by atoms with Gasteiger partial charge in [-0.05, 0) is 54.5 Å². The van der Waals surface area contributed by atoms with Crippen LogP contribution in [0.15, 0.2) is 29.1 Å². The summed E-state index contributed by atoms with van der Waals surface area (Å²) in [6.45, 7) is 2.24. The highest BCUT2D eigenvalue weighted by atomic mass is 35.5. The summed E-state index contributed by atoms with van der Waals surface area (Å²) < 4.78 is 0. The molecule has 0 saturated heterocycles. The highest BCUT2D eigenvalue weighted by molar-refractivity contribution is 7.18. The Labute approximate surface area is 153 Å². The normalized spacial score (nSPS) is 17.7. The minimum Gasteiger partial charge on any atom is -0.508 e. The van der Waals surface area contributed by atoms with Gasteiger partial charge in [0, 0.05) is 4.88 Å². The first-order valence-corrected chi connectivity index (χ1v) is 9.42. The molecule has 0 aliphatic heterocycles. The Morgan fingerprint density at radius 3 is 2.92 bits per heavy atom. The molecule has 2 aromatic heterocycles. The summed E-state index contributed by atoms with van der Waals surface area (Å²) >= 11 is 7.98. The topological polar surface area (TPSA) is 66.0 Å². The molecule has 1 atom stereocenters. The second-order valence-corrected chi connectivity index (χ2v) is 8.02. The predicted octanol–water partition coefficient (Wildman–Crippen LogP) is 4.55. The van der Waals surface area contributed by atoms with Crippen molar-refractivity contribution in [1.29, 1.82) is 0 Å². The highest BCUT2D eigenvalue weighted by Gasteiger charge is 2.23. The maximum absolute atomic E-state index is 12.6. The van der Waals surface area contributed by atoms with Gasteiger partial charge >= 0.3 is 0 Å². The Kier molecular flexibility index (Phi) is 4.13. The molecule has 3 aromatic rings. The molecule has 0 amide bonds. The van der Waals surface area contributed by atoms with Gasteiger partial charge in [-0.25, -0.2) is 4.98 Å². The largest absolute Gasteiger partial charge is 0.508 e. The number of rotatable bonds is 2. The summed E-state index contributed by atoms with van der Waals surface area (Å²) in [4.78, 5) is 22.1. The van der Waals surface area contributed by atoms with Crippen LogP contribution in [-0.2, 0) is 12.8 Å². The number of phenols is 1. The summed E-state index contributed by atoms with van der Waals surface area (Å²) in [6.07, 6.45) is 4.79. The van der Waals surface area contributed by atoms with Crippen LogP contribution in [-0.4, -0.2) is 15.1 Å². The Bertz CT molecular complexity index is 1030. The molecule has 6 heteroatoms. The van der Waals surface area contributed by atoms with E-state index in [1.807, 2.05) is 0 Å². The maximum Gasteiger partial charge on any atom is 0.260 e. The van der Waals surface area contributed by atoms with Crippen molar-refractivity contribution in [2.45, 2.75) is 26.2 Å². The third kappa shape index (κ3) is 3.10. The van der Waals surface area contributed by atoms with Gasteiger partial charge in [0.2, 0.25) is 0 Å². The van der Waals surface area contributed by atoms with Crippen LogP contribution in [0.4, 0.5) is 0 Å². The van der Waals surface area contributed by atoms with E-state index in [9.17, 15) is 9.90 Å². The minimum atomic E-state index is -0.121. The molecule has 2 heterocycles. The van der Waals surface area contributed by atoms with E-state index in [2.05, 4.69) is 16.9 Å². The van der Waals surface area contributed by atoms with Gasteiger partial charge in [-0.15, -0.1) is 11.3 Å². The molecule has 0 unspecified atom stereocenters. The zero-order valence-corrected chi connectivity index (χ0v) is 15.2. The Hall–Kier alpha value is -2.11. The molecular formula is C19H17ClN2O2S. The van der Waals surface area contributed by atoms with Crippen LogP contribution in [0.25, 0.3) is 21.3 Å². The number of H-pyrrole nitrogens is 1. The first-order chi connectivity index (χ1) is 12.0. The van der Waals surface area contributed by atoms with Crippen molar-refractivity contribution >= 4 is 44.3 Å². The number of aromatic nitrogens is 2. The zero-order chi connectivity index (χ0) is 17.6. The number of aryl methyl sites for hydroxylation is 1. The lowest BCUT2D eigenvalue weighted by atomic mass is 9.89. The third-order valence-corrected chi connectivity index (χ3v) is 6.01. The number of hydrogen-bond acceptors (Lipinski definition) is 4. The van der Waals surface area contributed by atoms with Gasteiger partial charge in [0.25, 0.3) is 5.56 Å². The molecule has 25 heavy (non-hydrogen) atoms. The number of thiophene rings is 1. The van der Waals surface area contributed by atoms with Gasteiger partial charge in [0.05, 0.1) is 10.4 Å². The molecule has 0 bridgehead atoms. The zero-order valence-electron chi connectivity index (χ0n) is 13.7. The minimum absolute atomic E-state index is 0.121. The van der Waals surface area contributed by atoms with Gasteiger partial charge < -0.3 is 10.1 Å². The smallest absolute Gasteiger partial charge is 0.260 e. The van der Waals surface area contributed by atoms with Gasteiger partial charge in [-0.1, -0.05) is 30.7 Å². The van der Waals surface area contributed by atoms with Crippen molar-refractivity contribution in [3.63, 3.8) is 0 Å². The van der Waals surface area contributed by atoms with Crippen LogP contribution in [0.5, 0.6) is 5.75 Å². The van der Waals surface area contributed by atoms with E-state index in [-0.39, 0.29) is 11.3 Å². The summed E-state index contributed by atoms with van der Waals surface area (Å²) in [5.41, 5.74) is 1.87. The van der Waals surface area contributed by atoms with E-state index in [0.29, 0.717) is 16.8 Å². The number of nitrogens with one attached hydrogen (secondary N) is 1. The molecule has 1 aromatic carbocycles. The first kappa shape index (κ1) is 16.4. The van der Waals surface area contributed by atoms with Crippen LogP contribution in [0, 0.1) is 5.92 Å². The van der Waals surface area contributed by atoms with E-state index < -0.39 is 0 Å². The monoisotopic (exact) mass is 372 g/mol. The maximum atomic E-state index is 12.6. The van der Waals surface area contributed by atoms with Crippen molar-refractivity contribution in [3.8, 4) is 5.75 Å². The van der Waals surface area contributed by atoms with E-state index in [1.54, 1.807) is 41.7 Å². The summed E-state index contributed by atoms with van der Waals surface area (Å²) in [6, 6.07) is 6.67. The van der Waals surface area contributed by atoms with E-state index in [0.717, 1.165) is 40.6 Å². The van der Waals surface area contributed by atoms with Crippen molar-refractivity contribution < 1.29 is 5.11 Å². The van der Waals surface area contributed by atoms with Crippen LogP contribution < -0.4 is 5.56 Å². The second kappa shape index (κ2) is 6.32.